The Labute approximate surface area is 177 Å². The Morgan fingerprint density at radius 2 is 1.73 bits per heavy atom. The van der Waals surface area contributed by atoms with Crippen molar-refractivity contribution >= 4 is 23.5 Å². The highest BCUT2D eigenvalue weighted by atomic mass is 16.5. The number of carbonyl (C=O) groups excluding carboxylic acids is 3. The second kappa shape index (κ2) is 7.40. The minimum Gasteiger partial charge on any atom is -0.449 e. The largest absolute Gasteiger partial charge is 0.449 e. The molecule has 5 aliphatic rings. The molecule has 0 unspecified atom stereocenters. The van der Waals surface area contributed by atoms with Gasteiger partial charge in [-0.3, -0.25) is 9.59 Å². The summed E-state index contributed by atoms with van der Waals surface area (Å²) in [7, 11) is 0. The van der Waals surface area contributed by atoms with E-state index in [4.69, 9.17) is 4.74 Å². The summed E-state index contributed by atoms with van der Waals surface area (Å²) in [5.41, 5.74) is 0.799. The summed E-state index contributed by atoms with van der Waals surface area (Å²) in [6, 6.07) is 6.98. The summed E-state index contributed by atoms with van der Waals surface area (Å²) >= 11 is 0. The minimum absolute atomic E-state index is 0.0165. The molecule has 1 aromatic rings. The topological polar surface area (TPSA) is 75.7 Å². The Morgan fingerprint density at radius 3 is 2.33 bits per heavy atom. The number of benzene rings is 1. The summed E-state index contributed by atoms with van der Waals surface area (Å²) in [6.45, 7) is 2.24. The smallest absolute Gasteiger partial charge is 0.341 e. The van der Waals surface area contributed by atoms with E-state index in [1.807, 2.05) is 0 Å². The van der Waals surface area contributed by atoms with Crippen molar-refractivity contribution in [1.29, 1.82) is 0 Å². The van der Waals surface area contributed by atoms with Crippen molar-refractivity contribution in [1.82, 2.24) is 5.32 Å². The third kappa shape index (κ3) is 3.50. The molecule has 0 spiro atoms. The zero-order valence-electron chi connectivity index (χ0n) is 17.6. The number of esters is 1. The van der Waals surface area contributed by atoms with Crippen LogP contribution in [-0.2, 0) is 14.3 Å². The van der Waals surface area contributed by atoms with Gasteiger partial charge in [0, 0.05) is 18.5 Å². The highest BCUT2D eigenvalue weighted by Gasteiger charge is 2.51. The number of ether oxygens (including phenoxy) is 1. The molecule has 1 heterocycles. The van der Waals surface area contributed by atoms with Crippen LogP contribution in [0.4, 0.5) is 5.69 Å². The highest BCUT2D eigenvalue weighted by Crippen LogP contribution is 2.55. The van der Waals surface area contributed by atoms with E-state index in [0.29, 0.717) is 24.2 Å². The van der Waals surface area contributed by atoms with Gasteiger partial charge in [0.15, 0.2) is 6.10 Å². The third-order valence-electron chi connectivity index (χ3n) is 7.57. The summed E-state index contributed by atoms with van der Waals surface area (Å²) in [6.07, 6.45) is 7.53. The Bertz CT molecular complexity index is 844. The van der Waals surface area contributed by atoms with Crippen molar-refractivity contribution in [2.75, 3.05) is 11.4 Å². The quantitative estimate of drug-likeness (QED) is 0.755. The van der Waals surface area contributed by atoms with E-state index in [0.717, 1.165) is 43.4 Å². The molecule has 6 heteroatoms. The molecule has 6 nitrogen and oxygen atoms in total. The van der Waals surface area contributed by atoms with Gasteiger partial charge in [0.25, 0.3) is 5.91 Å². The van der Waals surface area contributed by atoms with Gasteiger partial charge in [-0.2, -0.15) is 0 Å². The van der Waals surface area contributed by atoms with E-state index >= 15 is 0 Å². The molecule has 2 amide bonds. The fraction of sp³-hybridized carbons (Fsp3) is 0.625. The average molecular weight is 411 g/mol. The second-order valence-electron chi connectivity index (χ2n) is 9.90. The predicted molar refractivity (Wildman–Crippen MR) is 112 cm³/mol. The first kappa shape index (κ1) is 19.6. The number of rotatable bonds is 5. The van der Waals surface area contributed by atoms with E-state index in [1.54, 1.807) is 36.1 Å². The molecule has 160 valence electrons. The molecule has 0 radical (unpaired) electrons. The lowest BCUT2D eigenvalue weighted by Gasteiger charge is -2.57. The Balaban J connectivity index is 1.26. The number of nitrogens with one attached hydrogen (secondary N) is 1. The van der Waals surface area contributed by atoms with Crippen LogP contribution in [0.25, 0.3) is 0 Å². The first-order valence-electron chi connectivity index (χ1n) is 11.3. The van der Waals surface area contributed by atoms with Crippen molar-refractivity contribution < 1.29 is 19.1 Å². The van der Waals surface area contributed by atoms with Gasteiger partial charge in [-0.15, -0.1) is 0 Å². The monoisotopic (exact) mass is 410 g/mol. The number of carbonyl (C=O) groups is 3. The normalized spacial score (nSPS) is 32.9. The molecule has 30 heavy (non-hydrogen) atoms. The van der Waals surface area contributed by atoms with Gasteiger partial charge in [0.1, 0.15) is 0 Å². The van der Waals surface area contributed by atoms with E-state index in [1.165, 1.54) is 19.3 Å². The zero-order chi connectivity index (χ0) is 20.9. The highest BCUT2D eigenvalue weighted by molar-refractivity contribution is 6.04. The third-order valence-corrected chi connectivity index (χ3v) is 7.57. The zero-order valence-corrected chi connectivity index (χ0v) is 17.6. The van der Waals surface area contributed by atoms with Crippen LogP contribution in [0.1, 0.15) is 68.6 Å². The molecule has 4 saturated carbocycles. The van der Waals surface area contributed by atoms with Gasteiger partial charge in [-0.25, -0.2) is 4.79 Å². The van der Waals surface area contributed by atoms with Gasteiger partial charge in [-0.05, 0) is 81.8 Å². The molecular weight excluding hydrogens is 380 g/mol. The lowest BCUT2D eigenvalue weighted by molar-refractivity contribution is -0.134. The van der Waals surface area contributed by atoms with Crippen LogP contribution in [0.15, 0.2) is 24.3 Å². The van der Waals surface area contributed by atoms with Crippen molar-refractivity contribution in [3.8, 4) is 0 Å². The minimum atomic E-state index is -0.868. The molecule has 0 aromatic heterocycles. The summed E-state index contributed by atoms with van der Waals surface area (Å²) < 4.78 is 5.56. The average Bonchev–Trinajstić information content (AvgIpc) is 3.12. The van der Waals surface area contributed by atoms with Crippen LogP contribution in [0.2, 0.25) is 0 Å². The molecule has 1 aliphatic heterocycles. The number of hydrogen-bond donors (Lipinski definition) is 1. The van der Waals surface area contributed by atoms with E-state index in [-0.39, 0.29) is 17.4 Å². The maximum Gasteiger partial charge on any atom is 0.341 e. The predicted octanol–water partition coefficient (Wildman–Crippen LogP) is 3.44. The van der Waals surface area contributed by atoms with E-state index in [9.17, 15) is 14.4 Å². The summed E-state index contributed by atoms with van der Waals surface area (Å²) in [5, 5.41) is 3.28. The Kier molecular flexibility index (Phi) is 4.83. The number of amides is 2. The SMILES string of the molecule is C[C@H](OC(=O)c1ccccc1N1CCCC1=O)C(=O)NC12CC3CC(CC(C3)C1)C2. The molecule has 1 atom stereocenters. The number of anilines is 1. The second-order valence-corrected chi connectivity index (χ2v) is 9.90. The number of nitrogens with zero attached hydrogens (tertiary/aromatic N) is 1. The summed E-state index contributed by atoms with van der Waals surface area (Å²) in [5.74, 6) is 1.46. The molecule has 5 fully saturated rings. The fourth-order valence-electron chi connectivity index (χ4n) is 6.69. The lowest BCUT2D eigenvalue weighted by atomic mass is 9.53. The maximum absolute atomic E-state index is 12.9. The van der Waals surface area contributed by atoms with Gasteiger partial charge in [0.2, 0.25) is 5.91 Å². The molecule has 1 saturated heterocycles. The molecular formula is C24H30N2O4. The maximum atomic E-state index is 12.9. The van der Waals surface area contributed by atoms with Gasteiger partial charge >= 0.3 is 5.97 Å². The standard InChI is InChI=1S/C24H30N2O4/c1-15(22(28)25-24-12-16-9-17(13-24)11-18(10-16)14-24)30-23(29)19-5-2-3-6-20(19)26-8-4-7-21(26)27/h2-3,5-6,15-18H,4,7-14H2,1H3,(H,25,28)/t15-,16?,17?,18?,24?/m0/s1. The van der Waals surface area contributed by atoms with Crippen LogP contribution in [0.3, 0.4) is 0 Å². The van der Waals surface area contributed by atoms with E-state index in [2.05, 4.69) is 5.32 Å². The van der Waals surface area contributed by atoms with Gasteiger partial charge in [-0.1, -0.05) is 12.1 Å². The lowest BCUT2D eigenvalue weighted by Crippen LogP contribution is -2.61. The van der Waals surface area contributed by atoms with Crippen molar-refractivity contribution in [3.63, 3.8) is 0 Å². The molecule has 1 N–H and O–H groups in total. The number of hydrogen-bond acceptors (Lipinski definition) is 4. The Hall–Kier alpha value is -2.37. The van der Waals surface area contributed by atoms with Crippen LogP contribution in [-0.4, -0.2) is 36.0 Å². The van der Waals surface area contributed by atoms with Gasteiger partial charge < -0.3 is 15.0 Å². The van der Waals surface area contributed by atoms with Crippen molar-refractivity contribution in [2.24, 2.45) is 17.8 Å². The van der Waals surface area contributed by atoms with Crippen LogP contribution >= 0.6 is 0 Å². The van der Waals surface area contributed by atoms with Crippen molar-refractivity contribution in [3.05, 3.63) is 29.8 Å². The van der Waals surface area contributed by atoms with Crippen LogP contribution < -0.4 is 10.2 Å². The molecule has 4 aliphatic carbocycles. The number of para-hydroxylation sites is 1. The van der Waals surface area contributed by atoms with Crippen LogP contribution in [0.5, 0.6) is 0 Å². The molecule has 4 bridgehead atoms. The fourth-order valence-corrected chi connectivity index (χ4v) is 6.69. The van der Waals surface area contributed by atoms with E-state index < -0.39 is 12.1 Å². The van der Waals surface area contributed by atoms with Gasteiger partial charge in [0.05, 0.1) is 11.3 Å². The first-order chi connectivity index (χ1) is 14.4. The Morgan fingerprint density at radius 1 is 1.10 bits per heavy atom. The molecule has 6 rings (SSSR count). The summed E-state index contributed by atoms with van der Waals surface area (Å²) in [4.78, 5) is 39.6. The van der Waals surface area contributed by atoms with Crippen LogP contribution in [0, 0.1) is 17.8 Å². The first-order valence-corrected chi connectivity index (χ1v) is 11.3. The van der Waals surface area contributed by atoms with Crippen molar-refractivity contribution in [2.45, 2.75) is 69.9 Å². The molecule has 1 aromatic carbocycles.